The van der Waals surface area contributed by atoms with E-state index in [9.17, 15) is 0 Å². The second-order valence-corrected chi connectivity index (χ2v) is 0.378. The molecule has 0 spiro atoms. The van der Waals surface area contributed by atoms with Gasteiger partial charge < -0.3 is 0 Å². The fourth-order valence-electron chi connectivity index (χ4n) is 0. The van der Waals surface area contributed by atoms with Crippen LogP contribution in [-0.2, 0) is 26.2 Å². The molecule has 0 saturated heterocycles. The van der Waals surface area contributed by atoms with E-state index in [0.717, 1.165) is 0 Å². The molecule has 0 atom stereocenters. The van der Waals surface area contributed by atoms with E-state index >= 15 is 0 Å². The molecule has 0 heterocycles. The molecule has 0 aromatic heterocycles. The molecule has 0 rings (SSSR count). The van der Waals surface area contributed by atoms with Gasteiger partial charge in [0, 0.05) is 0 Å². The second kappa shape index (κ2) is 8.90. The SMILES string of the molecule is ClOOCl.[Cr+6]. The summed E-state index contributed by atoms with van der Waals surface area (Å²) in [4.78, 5) is 0. The molecular formula is Cl2CrO2+6. The molecule has 0 bridgehead atoms. The molecule has 0 aliphatic carbocycles. The maximum absolute atomic E-state index is 4.33. The van der Waals surface area contributed by atoms with Gasteiger partial charge in [0.2, 0.25) is 0 Å². The van der Waals surface area contributed by atoms with E-state index < -0.39 is 0 Å². The average molecular weight is 155 g/mol. The van der Waals surface area contributed by atoms with Crippen molar-refractivity contribution < 1.29 is 26.2 Å². The Balaban J connectivity index is 0. The molecule has 5 heteroatoms. The third-order valence-corrected chi connectivity index (χ3v) is 0.214. The summed E-state index contributed by atoms with van der Waals surface area (Å²) in [6, 6.07) is 0. The largest absolute Gasteiger partial charge is 6.00 e. The Labute approximate surface area is 50.4 Å². The van der Waals surface area contributed by atoms with Gasteiger partial charge in [-0.3, -0.25) is 0 Å². The zero-order valence-corrected chi connectivity index (χ0v) is 4.77. The van der Waals surface area contributed by atoms with Crippen LogP contribution in [0.4, 0.5) is 0 Å². The first-order valence-corrected chi connectivity index (χ1v) is 1.09. The maximum atomic E-state index is 4.33. The van der Waals surface area contributed by atoms with Crippen LogP contribution < -0.4 is 0 Å². The molecular weight excluding hydrogens is 155 g/mol. The Hall–Kier alpha value is 1.03. The van der Waals surface area contributed by atoms with Gasteiger partial charge in [-0.15, -0.1) is 8.88 Å². The zero-order valence-electron chi connectivity index (χ0n) is 1.98. The Bertz CT molecular complexity index is 9.61. The van der Waals surface area contributed by atoms with Gasteiger partial charge in [-0.25, -0.2) is 0 Å². The van der Waals surface area contributed by atoms with Crippen molar-refractivity contribution in [1.82, 2.24) is 0 Å². The van der Waals surface area contributed by atoms with Crippen molar-refractivity contribution in [3.8, 4) is 0 Å². The first kappa shape index (κ1) is 9.40. The molecule has 5 heavy (non-hydrogen) atoms. The molecule has 0 amide bonds. The summed E-state index contributed by atoms with van der Waals surface area (Å²) in [7, 11) is 0. The number of rotatable bonds is 1. The van der Waals surface area contributed by atoms with Crippen LogP contribution in [0, 0.1) is 0 Å². The van der Waals surface area contributed by atoms with Crippen molar-refractivity contribution in [3.63, 3.8) is 0 Å². The molecule has 0 aromatic rings. The minimum Gasteiger partial charge on any atom is -0.102 e. The van der Waals surface area contributed by atoms with Gasteiger partial charge in [-0.2, -0.15) is 0 Å². The van der Waals surface area contributed by atoms with Crippen LogP contribution in [0.1, 0.15) is 0 Å². The van der Waals surface area contributed by atoms with Crippen LogP contribution >= 0.6 is 23.7 Å². The van der Waals surface area contributed by atoms with Gasteiger partial charge in [-0.05, 0) is 0 Å². The topological polar surface area (TPSA) is 18.5 Å². The average Bonchev–Trinajstić information content (AvgIpc) is 1.37. The third-order valence-electron chi connectivity index (χ3n) is 0.0238. The number of hydrogen-bond donors (Lipinski definition) is 0. The van der Waals surface area contributed by atoms with E-state index in [0.29, 0.717) is 0 Å². The van der Waals surface area contributed by atoms with Crippen molar-refractivity contribution in [2.75, 3.05) is 0 Å². The fourth-order valence-corrected chi connectivity index (χ4v) is 0. The van der Waals surface area contributed by atoms with Crippen molar-refractivity contribution in [2.24, 2.45) is 0 Å². The molecule has 0 radical (unpaired) electrons. The van der Waals surface area contributed by atoms with Crippen LogP contribution in [0.15, 0.2) is 0 Å². The van der Waals surface area contributed by atoms with E-state index in [1.54, 1.807) is 0 Å². The van der Waals surface area contributed by atoms with E-state index in [1.165, 1.54) is 0 Å². The second-order valence-electron chi connectivity index (χ2n) is 0.126. The summed E-state index contributed by atoms with van der Waals surface area (Å²) in [6.45, 7) is 0. The van der Waals surface area contributed by atoms with Gasteiger partial charge in [0.25, 0.3) is 0 Å². The van der Waals surface area contributed by atoms with Crippen LogP contribution in [-0.4, -0.2) is 0 Å². The summed E-state index contributed by atoms with van der Waals surface area (Å²) in [5, 5.41) is 0. The van der Waals surface area contributed by atoms with E-state index in [2.05, 4.69) is 32.6 Å². The summed E-state index contributed by atoms with van der Waals surface area (Å²) in [5.41, 5.74) is 0. The van der Waals surface area contributed by atoms with Gasteiger partial charge >= 0.3 is 17.4 Å². The molecule has 2 nitrogen and oxygen atoms in total. The van der Waals surface area contributed by atoms with Crippen molar-refractivity contribution in [2.45, 2.75) is 0 Å². The Morgan fingerprint density at radius 2 is 1.20 bits per heavy atom. The summed E-state index contributed by atoms with van der Waals surface area (Å²) >= 11 is 8.66. The van der Waals surface area contributed by atoms with Crippen LogP contribution in [0.5, 0.6) is 0 Å². The molecule has 0 aromatic carbocycles. The standard InChI is InChI=1S/Cl2O2.Cr/c1-3-4-2;/q;+6. The van der Waals surface area contributed by atoms with Crippen molar-refractivity contribution >= 4 is 23.7 Å². The first-order valence-electron chi connectivity index (χ1n) is 0.475. The van der Waals surface area contributed by atoms with Crippen LogP contribution in [0.25, 0.3) is 0 Å². The van der Waals surface area contributed by atoms with Gasteiger partial charge in [-0.1, -0.05) is 0 Å². The van der Waals surface area contributed by atoms with Crippen molar-refractivity contribution in [3.05, 3.63) is 0 Å². The van der Waals surface area contributed by atoms with E-state index in [-0.39, 0.29) is 17.4 Å². The fraction of sp³-hybridized carbons (Fsp3) is 0. The minimum atomic E-state index is 0. The third kappa shape index (κ3) is 11.2. The zero-order chi connectivity index (χ0) is 3.41. The molecule has 0 N–H and O–H groups in total. The molecule has 0 unspecified atom stereocenters. The predicted molar refractivity (Wildman–Crippen MR) is 13.9 cm³/mol. The Morgan fingerprint density at radius 1 is 1.00 bits per heavy atom. The quantitative estimate of drug-likeness (QED) is 0.418. The molecule has 0 fully saturated rings. The molecule has 26 valence electrons. The van der Waals surface area contributed by atoms with Gasteiger partial charge in [0.15, 0.2) is 0 Å². The Kier molecular flexibility index (Phi) is 16.7. The minimum absolute atomic E-state index is 0. The van der Waals surface area contributed by atoms with Gasteiger partial charge in [0.1, 0.15) is 23.7 Å². The number of halogens is 2. The summed E-state index contributed by atoms with van der Waals surface area (Å²) in [5.74, 6) is 0. The monoisotopic (exact) mass is 154 g/mol. The Morgan fingerprint density at radius 3 is 1.20 bits per heavy atom. The van der Waals surface area contributed by atoms with E-state index in [4.69, 9.17) is 0 Å². The molecule has 0 aliphatic heterocycles. The number of hydrogen-bond acceptors (Lipinski definition) is 2. The first-order chi connectivity index (χ1) is 1.91. The molecule has 0 aliphatic rings. The van der Waals surface area contributed by atoms with Crippen LogP contribution in [0.3, 0.4) is 0 Å². The van der Waals surface area contributed by atoms with Crippen LogP contribution in [0.2, 0.25) is 0 Å². The van der Waals surface area contributed by atoms with Gasteiger partial charge in [0.05, 0.1) is 0 Å². The van der Waals surface area contributed by atoms with E-state index in [1.807, 2.05) is 0 Å². The smallest absolute Gasteiger partial charge is 0.102 e. The maximum Gasteiger partial charge on any atom is 6.00 e. The predicted octanol–water partition coefficient (Wildman–Crippen LogP) is 1.24. The van der Waals surface area contributed by atoms with Crippen molar-refractivity contribution in [1.29, 1.82) is 0 Å². The summed E-state index contributed by atoms with van der Waals surface area (Å²) < 4.78 is 6.56. The molecule has 0 saturated carbocycles. The summed E-state index contributed by atoms with van der Waals surface area (Å²) in [6.07, 6.45) is 0. The normalized spacial score (nSPS) is 6.00.